The lowest BCUT2D eigenvalue weighted by Crippen LogP contribution is -2.18. The number of para-hydroxylation sites is 1. The van der Waals surface area contributed by atoms with E-state index < -0.39 is 11.9 Å². The fourth-order valence-electron chi connectivity index (χ4n) is 2.41. The Balaban J connectivity index is 1.69. The van der Waals surface area contributed by atoms with Crippen LogP contribution in [0.2, 0.25) is 0 Å². The lowest BCUT2D eigenvalue weighted by molar-refractivity contribution is 0.0600. The molecule has 136 valence electrons. The van der Waals surface area contributed by atoms with Gasteiger partial charge in [-0.25, -0.2) is 10.2 Å². The number of rotatable bonds is 5. The third kappa shape index (κ3) is 4.21. The summed E-state index contributed by atoms with van der Waals surface area (Å²) in [6, 6.07) is 17.0. The number of nitrogens with two attached hydrogens (primary N) is 1. The van der Waals surface area contributed by atoms with Crippen LogP contribution in [0, 0.1) is 0 Å². The monoisotopic (exact) mass is 363 g/mol. The van der Waals surface area contributed by atoms with Crippen LogP contribution in [0.5, 0.6) is 0 Å². The average molecular weight is 363 g/mol. The Kier molecular flexibility index (Phi) is 5.32. The van der Waals surface area contributed by atoms with Crippen molar-refractivity contribution < 1.29 is 18.7 Å². The van der Waals surface area contributed by atoms with Crippen LogP contribution in [0.15, 0.2) is 70.2 Å². The molecule has 0 fully saturated rings. The maximum absolute atomic E-state index is 12.0. The second kappa shape index (κ2) is 8.01. The van der Waals surface area contributed by atoms with Gasteiger partial charge in [0.05, 0.1) is 24.5 Å². The van der Waals surface area contributed by atoms with Gasteiger partial charge in [-0.2, -0.15) is 5.10 Å². The van der Waals surface area contributed by atoms with Crippen molar-refractivity contribution in [3.8, 4) is 11.3 Å². The fraction of sp³-hybridized carbons (Fsp3) is 0.0500. The van der Waals surface area contributed by atoms with Crippen molar-refractivity contribution in [1.29, 1.82) is 0 Å². The Bertz CT molecular complexity index is 1010. The number of nitrogens with zero attached hydrogens (tertiary/aromatic N) is 1. The number of hydrazone groups is 1. The van der Waals surface area contributed by atoms with Crippen molar-refractivity contribution in [3.63, 3.8) is 0 Å². The molecule has 2 aromatic carbocycles. The summed E-state index contributed by atoms with van der Waals surface area (Å²) in [6.07, 6.45) is 1.38. The Labute approximate surface area is 155 Å². The molecular weight excluding hydrogens is 346 g/mol. The number of carbonyl (C=O) groups excluding carboxylic acids is 2. The number of anilines is 1. The van der Waals surface area contributed by atoms with Crippen LogP contribution in [0.1, 0.15) is 26.5 Å². The molecule has 1 heterocycles. The summed E-state index contributed by atoms with van der Waals surface area (Å²) >= 11 is 0. The molecule has 3 aromatic rings. The fourth-order valence-corrected chi connectivity index (χ4v) is 2.41. The summed E-state index contributed by atoms with van der Waals surface area (Å²) in [7, 11) is 1.33. The molecule has 0 atom stereocenters. The third-order valence-corrected chi connectivity index (χ3v) is 3.76. The SMILES string of the molecule is COC(=O)c1cccc(-c2ccc(/C=N/NC(=O)c3ccccc3N)o2)c1. The number of nitrogen functional groups attached to an aromatic ring is 1. The van der Waals surface area contributed by atoms with Gasteiger partial charge in [0.2, 0.25) is 0 Å². The molecule has 1 amide bonds. The largest absolute Gasteiger partial charge is 0.465 e. The Morgan fingerprint density at radius 3 is 2.70 bits per heavy atom. The highest BCUT2D eigenvalue weighted by Gasteiger charge is 2.10. The normalized spacial score (nSPS) is 10.7. The minimum atomic E-state index is -0.423. The lowest BCUT2D eigenvalue weighted by Gasteiger charge is -2.02. The molecular formula is C20H17N3O4. The molecule has 3 N–H and O–H groups in total. The zero-order chi connectivity index (χ0) is 19.2. The molecule has 0 unspecified atom stereocenters. The number of esters is 1. The molecule has 0 aliphatic heterocycles. The number of carbonyl (C=O) groups is 2. The van der Waals surface area contributed by atoms with Crippen LogP contribution in [0.3, 0.4) is 0 Å². The molecule has 3 rings (SSSR count). The first kappa shape index (κ1) is 17.9. The first-order valence-electron chi connectivity index (χ1n) is 8.05. The van der Waals surface area contributed by atoms with E-state index in [1.165, 1.54) is 13.3 Å². The van der Waals surface area contributed by atoms with Gasteiger partial charge in [0.25, 0.3) is 5.91 Å². The van der Waals surface area contributed by atoms with E-state index in [-0.39, 0.29) is 0 Å². The van der Waals surface area contributed by atoms with E-state index in [1.807, 2.05) is 6.07 Å². The van der Waals surface area contributed by atoms with Gasteiger partial charge in [-0.1, -0.05) is 24.3 Å². The van der Waals surface area contributed by atoms with E-state index in [9.17, 15) is 9.59 Å². The number of methoxy groups -OCH3 is 1. The number of benzene rings is 2. The van der Waals surface area contributed by atoms with Crippen LogP contribution in [0.25, 0.3) is 11.3 Å². The smallest absolute Gasteiger partial charge is 0.337 e. The molecule has 7 nitrogen and oxygen atoms in total. The lowest BCUT2D eigenvalue weighted by atomic mass is 10.1. The van der Waals surface area contributed by atoms with Gasteiger partial charge in [-0.3, -0.25) is 4.79 Å². The maximum Gasteiger partial charge on any atom is 0.337 e. The summed E-state index contributed by atoms with van der Waals surface area (Å²) in [6.45, 7) is 0. The molecule has 0 radical (unpaired) electrons. The molecule has 7 heteroatoms. The Morgan fingerprint density at radius 1 is 1.11 bits per heavy atom. The van der Waals surface area contributed by atoms with E-state index in [0.29, 0.717) is 28.3 Å². The molecule has 0 saturated heterocycles. The summed E-state index contributed by atoms with van der Waals surface area (Å²) < 4.78 is 10.4. The standard InChI is InChI=1S/C20H17N3O4/c1-26-20(25)14-6-4-5-13(11-14)18-10-9-15(27-18)12-22-23-19(24)16-7-2-3-8-17(16)21/h2-12H,21H2,1H3,(H,23,24)/b22-12+. The second-order valence-corrected chi connectivity index (χ2v) is 5.56. The van der Waals surface area contributed by atoms with Crippen molar-refractivity contribution in [3.05, 3.63) is 77.6 Å². The summed E-state index contributed by atoms with van der Waals surface area (Å²) in [5.74, 6) is 0.158. The van der Waals surface area contributed by atoms with E-state index in [2.05, 4.69) is 10.5 Å². The highest BCUT2D eigenvalue weighted by Crippen LogP contribution is 2.23. The van der Waals surface area contributed by atoms with Crippen molar-refractivity contribution >= 4 is 23.8 Å². The van der Waals surface area contributed by atoms with E-state index in [4.69, 9.17) is 14.9 Å². The number of nitrogens with one attached hydrogen (secondary N) is 1. The number of amides is 1. The highest BCUT2D eigenvalue weighted by atomic mass is 16.5. The van der Waals surface area contributed by atoms with Crippen molar-refractivity contribution in [2.24, 2.45) is 5.10 Å². The van der Waals surface area contributed by atoms with Crippen LogP contribution in [0.4, 0.5) is 5.69 Å². The first-order chi connectivity index (χ1) is 13.1. The number of furan rings is 1. The first-order valence-corrected chi connectivity index (χ1v) is 8.05. The summed E-state index contributed by atoms with van der Waals surface area (Å²) in [5, 5.41) is 3.88. The molecule has 0 spiro atoms. The average Bonchev–Trinajstić information content (AvgIpc) is 3.16. The minimum absolute atomic E-state index is 0.342. The van der Waals surface area contributed by atoms with Crippen LogP contribution in [-0.4, -0.2) is 25.2 Å². The van der Waals surface area contributed by atoms with Gasteiger partial charge in [-0.05, 0) is 36.4 Å². The van der Waals surface area contributed by atoms with Gasteiger partial charge in [0, 0.05) is 11.3 Å². The second-order valence-electron chi connectivity index (χ2n) is 5.56. The molecule has 27 heavy (non-hydrogen) atoms. The predicted octanol–water partition coefficient (Wildman–Crippen LogP) is 3.08. The summed E-state index contributed by atoms with van der Waals surface area (Å²) in [4.78, 5) is 23.7. The van der Waals surface area contributed by atoms with Gasteiger partial charge in [0.1, 0.15) is 11.5 Å². The molecule has 0 bridgehead atoms. The Morgan fingerprint density at radius 2 is 1.93 bits per heavy atom. The molecule has 1 aromatic heterocycles. The topological polar surface area (TPSA) is 107 Å². The van der Waals surface area contributed by atoms with Crippen LogP contribution >= 0.6 is 0 Å². The van der Waals surface area contributed by atoms with Gasteiger partial charge in [0.15, 0.2) is 0 Å². The molecule has 0 aliphatic rings. The molecule has 0 saturated carbocycles. The van der Waals surface area contributed by atoms with Crippen LogP contribution in [-0.2, 0) is 4.74 Å². The van der Waals surface area contributed by atoms with Crippen LogP contribution < -0.4 is 11.2 Å². The third-order valence-electron chi connectivity index (χ3n) is 3.76. The van der Waals surface area contributed by atoms with Crippen molar-refractivity contribution in [2.45, 2.75) is 0 Å². The van der Waals surface area contributed by atoms with Gasteiger partial charge >= 0.3 is 5.97 Å². The van der Waals surface area contributed by atoms with Gasteiger partial charge < -0.3 is 14.9 Å². The Hall–Kier alpha value is -3.87. The van der Waals surface area contributed by atoms with Gasteiger partial charge in [-0.15, -0.1) is 0 Å². The van der Waals surface area contributed by atoms with E-state index >= 15 is 0 Å². The zero-order valence-electron chi connectivity index (χ0n) is 14.5. The number of hydrogen-bond acceptors (Lipinski definition) is 6. The highest BCUT2D eigenvalue weighted by molar-refractivity contribution is 5.99. The maximum atomic E-state index is 12.0. The van der Waals surface area contributed by atoms with Crippen molar-refractivity contribution in [2.75, 3.05) is 12.8 Å². The zero-order valence-corrected chi connectivity index (χ0v) is 14.5. The summed E-state index contributed by atoms with van der Waals surface area (Å²) in [5.41, 5.74) is 10.0. The van der Waals surface area contributed by atoms with E-state index in [1.54, 1.807) is 54.6 Å². The minimum Gasteiger partial charge on any atom is -0.465 e. The van der Waals surface area contributed by atoms with Crippen molar-refractivity contribution in [1.82, 2.24) is 5.43 Å². The quantitative estimate of drug-likeness (QED) is 0.313. The number of hydrogen-bond donors (Lipinski definition) is 2. The van der Waals surface area contributed by atoms with E-state index in [0.717, 1.165) is 5.56 Å². The number of ether oxygens (including phenoxy) is 1. The molecule has 0 aliphatic carbocycles. The predicted molar refractivity (Wildman–Crippen MR) is 101 cm³/mol.